The first kappa shape index (κ1) is 17.6. The van der Waals surface area contributed by atoms with Crippen LogP contribution < -0.4 is 10.0 Å². The van der Waals surface area contributed by atoms with Crippen molar-refractivity contribution < 1.29 is 13.2 Å². The Morgan fingerprint density at radius 2 is 2.12 bits per heavy atom. The molecule has 2 aromatic rings. The van der Waals surface area contributed by atoms with Crippen molar-refractivity contribution in [2.24, 2.45) is 0 Å². The Morgan fingerprint density at radius 3 is 2.80 bits per heavy atom. The lowest BCUT2D eigenvalue weighted by Crippen LogP contribution is -2.26. The van der Waals surface area contributed by atoms with Crippen LogP contribution in [0, 0.1) is 0 Å². The Hall–Kier alpha value is -2.19. The van der Waals surface area contributed by atoms with Crippen molar-refractivity contribution in [1.29, 1.82) is 0 Å². The molecule has 1 aliphatic rings. The number of sulfonamides is 1. The van der Waals surface area contributed by atoms with Crippen molar-refractivity contribution >= 4 is 21.7 Å². The monoisotopic (exact) mass is 362 g/mol. The number of rotatable bonds is 7. The molecule has 1 saturated carbocycles. The number of aromatic nitrogens is 2. The lowest BCUT2D eigenvalue weighted by molar-refractivity contribution is 0.102. The van der Waals surface area contributed by atoms with E-state index in [2.05, 4.69) is 15.1 Å². The summed E-state index contributed by atoms with van der Waals surface area (Å²) < 4.78 is 29.0. The Labute approximate surface area is 147 Å². The van der Waals surface area contributed by atoms with E-state index in [-0.39, 0.29) is 28.4 Å². The maximum absolute atomic E-state index is 12.5. The van der Waals surface area contributed by atoms with Gasteiger partial charge in [-0.05, 0) is 44.4 Å². The van der Waals surface area contributed by atoms with Crippen LogP contribution in [0.25, 0.3) is 0 Å². The van der Waals surface area contributed by atoms with Crippen molar-refractivity contribution in [2.75, 3.05) is 5.32 Å². The van der Waals surface area contributed by atoms with Crippen LogP contribution in [0.3, 0.4) is 0 Å². The van der Waals surface area contributed by atoms with Crippen molar-refractivity contribution in [3.8, 4) is 0 Å². The summed E-state index contributed by atoms with van der Waals surface area (Å²) in [5.74, 6) is 0.220. The number of benzene rings is 1. The fourth-order valence-electron chi connectivity index (χ4n) is 2.42. The second-order valence-corrected chi connectivity index (χ2v) is 8.01. The largest absolute Gasteiger partial charge is 0.307 e. The van der Waals surface area contributed by atoms with Crippen LogP contribution in [0.2, 0.25) is 0 Å². The van der Waals surface area contributed by atoms with Gasteiger partial charge in [-0.25, -0.2) is 17.8 Å². The number of hydrogen-bond acceptors (Lipinski definition) is 4. The van der Waals surface area contributed by atoms with Crippen molar-refractivity contribution in [2.45, 2.75) is 50.1 Å². The molecule has 0 saturated heterocycles. The number of nitrogens with one attached hydrogen (secondary N) is 2. The van der Waals surface area contributed by atoms with Crippen LogP contribution in [0.5, 0.6) is 0 Å². The first-order valence-corrected chi connectivity index (χ1v) is 9.86. The zero-order chi connectivity index (χ0) is 18.0. The molecule has 7 nitrogen and oxygen atoms in total. The number of hydrogen-bond donors (Lipinski definition) is 2. The van der Waals surface area contributed by atoms with Gasteiger partial charge in [-0.1, -0.05) is 13.0 Å². The van der Waals surface area contributed by atoms with Crippen LogP contribution >= 0.6 is 0 Å². The van der Waals surface area contributed by atoms with Gasteiger partial charge in [0, 0.05) is 17.7 Å². The molecule has 1 aromatic heterocycles. The van der Waals surface area contributed by atoms with E-state index in [1.54, 1.807) is 29.1 Å². The lowest BCUT2D eigenvalue weighted by Gasteiger charge is -2.14. The molecule has 25 heavy (non-hydrogen) atoms. The molecular formula is C17H22N4O3S. The average Bonchev–Trinajstić information content (AvgIpc) is 3.28. The van der Waals surface area contributed by atoms with Crippen LogP contribution in [-0.4, -0.2) is 30.1 Å². The molecule has 1 atom stereocenters. The molecule has 1 fully saturated rings. The van der Waals surface area contributed by atoms with Gasteiger partial charge in [-0.3, -0.25) is 4.79 Å². The van der Waals surface area contributed by atoms with E-state index < -0.39 is 10.0 Å². The predicted molar refractivity (Wildman–Crippen MR) is 95.0 cm³/mol. The zero-order valence-electron chi connectivity index (χ0n) is 14.3. The molecule has 0 spiro atoms. The summed E-state index contributed by atoms with van der Waals surface area (Å²) in [6.45, 7) is 4.05. The summed E-state index contributed by atoms with van der Waals surface area (Å²) in [7, 11) is -3.59. The van der Waals surface area contributed by atoms with Crippen molar-refractivity contribution in [3.05, 3.63) is 42.1 Å². The minimum atomic E-state index is -3.59. The fraction of sp³-hybridized carbons (Fsp3) is 0.412. The molecule has 134 valence electrons. The molecule has 1 aromatic carbocycles. The number of amides is 1. The van der Waals surface area contributed by atoms with E-state index in [4.69, 9.17) is 0 Å². The van der Waals surface area contributed by atoms with E-state index in [1.165, 1.54) is 12.1 Å². The number of carbonyl (C=O) groups is 1. The smallest absolute Gasteiger partial charge is 0.256 e. The Bertz CT molecular complexity index is 872. The summed E-state index contributed by atoms with van der Waals surface area (Å²) in [6, 6.07) is 7.94. The summed E-state index contributed by atoms with van der Waals surface area (Å²) >= 11 is 0. The Balaban J connectivity index is 1.79. The second kappa shape index (κ2) is 6.97. The highest BCUT2D eigenvalue weighted by Gasteiger charge is 2.28. The van der Waals surface area contributed by atoms with E-state index in [0.717, 1.165) is 19.3 Å². The molecule has 8 heteroatoms. The van der Waals surface area contributed by atoms with Crippen LogP contribution in [0.15, 0.2) is 41.4 Å². The standard InChI is InChI=1S/C17H22N4O3S/c1-3-12(2)21-16(9-10-18-21)19-17(22)13-5-4-6-15(11-13)25(23,24)20-14-7-8-14/h4-6,9-12,14,20H,3,7-8H2,1-2H3,(H,19,22). The van der Waals surface area contributed by atoms with E-state index >= 15 is 0 Å². The first-order chi connectivity index (χ1) is 11.9. The van der Waals surface area contributed by atoms with Crippen molar-refractivity contribution in [3.63, 3.8) is 0 Å². The van der Waals surface area contributed by atoms with E-state index in [0.29, 0.717) is 5.82 Å². The maximum Gasteiger partial charge on any atom is 0.256 e. The fourth-order valence-corrected chi connectivity index (χ4v) is 3.77. The molecule has 0 bridgehead atoms. The van der Waals surface area contributed by atoms with Crippen LogP contribution in [0.4, 0.5) is 5.82 Å². The summed E-state index contributed by atoms with van der Waals surface area (Å²) in [6.07, 6.45) is 4.23. The van der Waals surface area contributed by atoms with Gasteiger partial charge in [0.1, 0.15) is 5.82 Å². The molecule has 1 heterocycles. The van der Waals surface area contributed by atoms with Gasteiger partial charge in [0.25, 0.3) is 5.91 Å². The van der Waals surface area contributed by atoms with Gasteiger partial charge in [-0.2, -0.15) is 5.10 Å². The number of carbonyl (C=O) groups excluding carboxylic acids is 1. The average molecular weight is 362 g/mol. The highest BCUT2D eigenvalue weighted by molar-refractivity contribution is 7.89. The SMILES string of the molecule is CCC(C)n1nccc1NC(=O)c1cccc(S(=O)(=O)NC2CC2)c1. The van der Waals surface area contributed by atoms with Gasteiger partial charge in [0.05, 0.1) is 17.1 Å². The summed E-state index contributed by atoms with van der Waals surface area (Å²) in [4.78, 5) is 12.6. The van der Waals surface area contributed by atoms with E-state index in [1.807, 2.05) is 13.8 Å². The second-order valence-electron chi connectivity index (χ2n) is 6.30. The number of anilines is 1. The van der Waals surface area contributed by atoms with Gasteiger partial charge >= 0.3 is 0 Å². The first-order valence-electron chi connectivity index (χ1n) is 8.38. The quantitative estimate of drug-likeness (QED) is 0.791. The molecule has 1 unspecified atom stereocenters. The van der Waals surface area contributed by atoms with Crippen molar-refractivity contribution in [1.82, 2.24) is 14.5 Å². The van der Waals surface area contributed by atoms with Gasteiger partial charge < -0.3 is 5.32 Å². The molecule has 1 aliphatic carbocycles. The third kappa shape index (κ3) is 4.08. The molecule has 3 rings (SSSR count). The van der Waals surface area contributed by atoms with Gasteiger partial charge in [-0.15, -0.1) is 0 Å². The Kier molecular flexibility index (Phi) is 4.91. The third-order valence-electron chi connectivity index (χ3n) is 4.23. The lowest BCUT2D eigenvalue weighted by atomic mass is 10.2. The highest BCUT2D eigenvalue weighted by atomic mass is 32.2. The maximum atomic E-state index is 12.5. The Morgan fingerprint density at radius 1 is 1.36 bits per heavy atom. The minimum absolute atomic E-state index is 0.0207. The van der Waals surface area contributed by atoms with Gasteiger partial charge in [0.2, 0.25) is 10.0 Å². The minimum Gasteiger partial charge on any atom is -0.307 e. The van der Waals surface area contributed by atoms with Crippen LogP contribution in [0.1, 0.15) is 49.5 Å². The molecular weight excluding hydrogens is 340 g/mol. The molecule has 1 amide bonds. The normalized spacial score (nSPS) is 15.8. The zero-order valence-corrected chi connectivity index (χ0v) is 15.1. The summed E-state index contributed by atoms with van der Waals surface area (Å²) in [5.41, 5.74) is 0.288. The predicted octanol–water partition coefficient (Wildman–Crippen LogP) is 2.55. The highest BCUT2D eigenvalue weighted by Crippen LogP contribution is 2.23. The molecule has 0 aliphatic heterocycles. The van der Waals surface area contributed by atoms with E-state index in [9.17, 15) is 13.2 Å². The van der Waals surface area contributed by atoms with Gasteiger partial charge in [0.15, 0.2) is 0 Å². The summed E-state index contributed by atoms with van der Waals surface area (Å²) in [5, 5.41) is 7.03. The van der Waals surface area contributed by atoms with Crippen LogP contribution in [-0.2, 0) is 10.0 Å². The molecule has 2 N–H and O–H groups in total. The third-order valence-corrected chi connectivity index (χ3v) is 5.74. The molecule has 0 radical (unpaired) electrons. The number of nitrogens with zero attached hydrogens (tertiary/aromatic N) is 2. The topological polar surface area (TPSA) is 93.1 Å².